The Balaban J connectivity index is 2.09. The molecule has 1 aromatic rings. The average Bonchev–Trinajstić information content (AvgIpc) is 2.29. The minimum Gasteiger partial charge on any atom is -0.482 e. The summed E-state index contributed by atoms with van der Waals surface area (Å²) in [5, 5.41) is 14.2. The van der Waals surface area contributed by atoms with E-state index in [1.54, 1.807) is 12.1 Å². The third-order valence-corrected chi connectivity index (χ3v) is 2.18. The van der Waals surface area contributed by atoms with Crippen molar-refractivity contribution in [2.24, 2.45) is 0 Å². The molecule has 0 saturated heterocycles. The maximum atomic E-state index is 11.1. The predicted molar refractivity (Wildman–Crippen MR) is 59.3 cm³/mol. The van der Waals surface area contributed by atoms with Crippen LogP contribution in [0.4, 0.5) is 11.4 Å². The Labute approximate surface area is 93.0 Å². The number of hydrogen-bond donors (Lipinski definition) is 2. The lowest BCUT2D eigenvalue weighted by Gasteiger charge is -2.18. The first kappa shape index (κ1) is 10.3. The van der Waals surface area contributed by atoms with Gasteiger partial charge in [-0.3, -0.25) is 4.79 Å². The van der Waals surface area contributed by atoms with E-state index in [-0.39, 0.29) is 12.5 Å². The molecule has 0 aliphatic carbocycles. The van der Waals surface area contributed by atoms with E-state index in [1.165, 1.54) is 0 Å². The first-order valence-electron chi connectivity index (χ1n) is 4.97. The van der Waals surface area contributed by atoms with Gasteiger partial charge < -0.3 is 15.4 Å². The second-order valence-corrected chi connectivity index (χ2v) is 3.38. The van der Waals surface area contributed by atoms with Crippen LogP contribution in [0.3, 0.4) is 0 Å². The fourth-order valence-corrected chi connectivity index (χ4v) is 1.46. The van der Waals surface area contributed by atoms with Gasteiger partial charge in [0.05, 0.1) is 18.2 Å². The largest absolute Gasteiger partial charge is 0.482 e. The Hall–Kier alpha value is -2.22. The van der Waals surface area contributed by atoms with Crippen LogP contribution in [0.25, 0.3) is 0 Å². The lowest BCUT2D eigenvalue weighted by molar-refractivity contribution is -0.118. The van der Waals surface area contributed by atoms with E-state index in [0.29, 0.717) is 24.4 Å². The van der Waals surface area contributed by atoms with Gasteiger partial charge in [0.15, 0.2) is 6.61 Å². The molecule has 16 heavy (non-hydrogen) atoms. The van der Waals surface area contributed by atoms with Crippen molar-refractivity contribution >= 4 is 17.3 Å². The highest BCUT2D eigenvalue weighted by Gasteiger charge is 2.15. The highest BCUT2D eigenvalue weighted by atomic mass is 16.5. The fourth-order valence-electron chi connectivity index (χ4n) is 1.46. The van der Waals surface area contributed by atoms with Gasteiger partial charge in [-0.05, 0) is 18.2 Å². The van der Waals surface area contributed by atoms with Crippen molar-refractivity contribution in [3.8, 4) is 11.8 Å². The Morgan fingerprint density at radius 1 is 1.56 bits per heavy atom. The van der Waals surface area contributed by atoms with E-state index in [2.05, 4.69) is 16.7 Å². The van der Waals surface area contributed by atoms with Crippen LogP contribution in [0.15, 0.2) is 18.2 Å². The first-order valence-corrected chi connectivity index (χ1v) is 4.97. The number of nitrogens with one attached hydrogen (secondary N) is 2. The van der Waals surface area contributed by atoms with Gasteiger partial charge >= 0.3 is 0 Å². The van der Waals surface area contributed by atoms with Crippen molar-refractivity contribution in [1.29, 1.82) is 5.26 Å². The molecule has 0 atom stereocenters. The second kappa shape index (κ2) is 4.53. The standard InChI is InChI=1S/C11H11N3O2/c12-4-1-5-13-8-2-3-10-9(6-8)14-11(15)7-16-10/h2-3,6,13H,1,5,7H2,(H,14,15). The molecule has 2 rings (SSSR count). The zero-order chi connectivity index (χ0) is 11.4. The molecule has 1 amide bonds. The van der Waals surface area contributed by atoms with E-state index in [4.69, 9.17) is 10.00 Å². The molecule has 0 bridgehead atoms. The van der Waals surface area contributed by atoms with Crippen LogP contribution >= 0.6 is 0 Å². The maximum Gasteiger partial charge on any atom is 0.262 e. The summed E-state index contributed by atoms with van der Waals surface area (Å²) in [6.45, 7) is 0.651. The molecule has 5 heteroatoms. The first-order chi connectivity index (χ1) is 7.79. The van der Waals surface area contributed by atoms with E-state index in [0.717, 1.165) is 5.69 Å². The molecule has 0 radical (unpaired) electrons. The quantitative estimate of drug-likeness (QED) is 0.749. The van der Waals surface area contributed by atoms with Crippen LogP contribution in [-0.4, -0.2) is 19.1 Å². The van der Waals surface area contributed by atoms with Gasteiger partial charge in [0.2, 0.25) is 0 Å². The summed E-state index contributed by atoms with van der Waals surface area (Å²) >= 11 is 0. The second-order valence-electron chi connectivity index (χ2n) is 3.38. The Kier molecular flexibility index (Phi) is 2.92. The number of carbonyl (C=O) groups excluding carboxylic acids is 1. The molecule has 5 nitrogen and oxygen atoms in total. The number of fused-ring (bicyclic) bond motifs is 1. The number of ether oxygens (including phenoxy) is 1. The van der Waals surface area contributed by atoms with Gasteiger partial charge in [-0.1, -0.05) is 0 Å². The zero-order valence-corrected chi connectivity index (χ0v) is 8.62. The van der Waals surface area contributed by atoms with Gasteiger partial charge in [0, 0.05) is 12.2 Å². The summed E-state index contributed by atoms with van der Waals surface area (Å²) in [5.74, 6) is 0.520. The number of anilines is 2. The summed E-state index contributed by atoms with van der Waals surface area (Å²) < 4.78 is 5.22. The van der Waals surface area contributed by atoms with Crippen LogP contribution < -0.4 is 15.4 Å². The summed E-state index contributed by atoms with van der Waals surface area (Å²) in [6, 6.07) is 7.50. The highest BCUT2D eigenvalue weighted by molar-refractivity contribution is 5.95. The molecule has 0 spiro atoms. The van der Waals surface area contributed by atoms with E-state index in [1.807, 2.05) is 6.07 Å². The summed E-state index contributed by atoms with van der Waals surface area (Å²) in [6.07, 6.45) is 0.444. The molecule has 0 aromatic heterocycles. The predicted octanol–water partition coefficient (Wildman–Crippen LogP) is 1.34. The van der Waals surface area contributed by atoms with Gasteiger partial charge in [0.25, 0.3) is 5.91 Å². The molecule has 2 N–H and O–H groups in total. The van der Waals surface area contributed by atoms with Crippen molar-refractivity contribution in [1.82, 2.24) is 0 Å². The lowest BCUT2D eigenvalue weighted by Crippen LogP contribution is -2.25. The highest BCUT2D eigenvalue weighted by Crippen LogP contribution is 2.30. The number of nitrogens with zero attached hydrogens (tertiary/aromatic N) is 1. The molecule has 0 unspecified atom stereocenters. The number of hydrogen-bond acceptors (Lipinski definition) is 4. The third kappa shape index (κ3) is 2.23. The van der Waals surface area contributed by atoms with Gasteiger partial charge in [-0.25, -0.2) is 0 Å². The van der Waals surface area contributed by atoms with Crippen LogP contribution in [0.5, 0.6) is 5.75 Å². The molecule has 1 aromatic carbocycles. The topological polar surface area (TPSA) is 74.2 Å². The summed E-state index contributed by atoms with van der Waals surface area (Å²) in [7, 11) is 0. The van der Waals surface area contributed by atoms with Crippen LogP contribution in [0, 0.1) is 11.3 Å². The SMILES string of the molecule is N#CCCNc1ccc2c(c1)NC(=O)CO2. The van der Waals surface area contributed by atoms with Crippen LogP contribution in [0.2, 0.25) is 0 Å². The molecule has 0 saturated carbocycles. The smallest absolute Gasteiger partial charge is 0.262 e. The minimum atomic E-state index is -0.151. The summed E-state index contributed by atoms with van der Waals surface area (Å²) in [5.41, 5.74) is 1.53. The Morgan fingerprint density at radius 3 is 3.25 bits per heavy atom. The van der Waals surface area contributed by atoms with E-state index in [9.17, 15) is 4.79 Å². The normalized spacial score (nSPS) is 13.1. The van der Waals surface area contributed by atoms with Gasteiger partial charge in [-0.2, -0.15) is 5.26 Å². The molecule has 1 aliphatic heterocycles. The molecule has 82 valence electrons. The van der Waals surface area contributed by atoms with E-state index >= 15 is 0 Å². The number of amides is 1. The van der Waals surface area contributed by atoms with Gasteiger partial charge in [0.1, 0.15) is 5.75 Å². The summed E-state index contributed by atoms with van der Waals surface area (Å²) in [4.78, 5) is 11.1. The number of benzene rings is 1. The van der Waals surface area contributed by atoms with Crippen molar-refractivity contribution in [2.75, 3.05) is 23.8 Å². The molecule has 1 aliphatic rings. The van der Waals surface area contributed by atoms with Crippen LogP contribution in [-0.2, 0) is 4.79 Å². The van der Waals surface area contributed by atoms with Crippen molar-refractivity contribution in [3.63, 3.8) is 0 Å². The molecular weight excluding hydrogens is 206 g/mol. The third-order valence-electron chi connectivity index (χ3n) is 2.18. The lowest BCUT2D eigenvalue weighted by atomic mass is 10.2. The van der Waals surface area contributed by atoms with Gasteiger partial charge in [-0.15, -0.1) is 0 Å². The average molecular weight is 217 g/mol. The fraction of sp³-hybridized carbons (Fsp3) is 0.273. The molecular formula is C11H11N3O2. The number of carbonyl (C=O) groups is 1. The van der Waals surface area contributed by atoms with Crippen molar-refractivity contribution < 1.29 is 9.53 Å². The van der Waals surface area contributed by atoms with Crippen LogP contribution in [0.1, 0.15) is 6.42 Å². The van der Waals surface area contributed by atoms with Crippen molar-refractivity contribution in [3.05, 3.63) is 18.2 Å². The van der Waals surface area contributed by atoms with E-state index < -0.39 is 0 Å². The molecule has 1 heterocycles. The zero-order valence-electron chi connectivity index (χ0n) is 8.62. The maximum absolute atomic E-state index is 11.1. The Morgan fingerprint density at radius 2 is 2.44 bits per heavy atom. The number of nitriles is 1. The van der Waals surface area contributed by atoms with Crippen molar-refractivity contribution in [2.45, 2.75) is 6.42 Å². The monoisotopic (exact) mass is 217 g/mol. The Bertz CT molecular complexity index is 451. The minimum absolute atomic E-state index is 0.0637. The number of rotatable bonds is 3. The molecule has 0 fully saturated rings.